The third-order valence-electron chi connectivity index (χ3n) is 2.13. The van der Waals surface area contributed by atoms with Gasteiger partial charge in [-0.15, -0.1) is 11.8 Å². The maximum atomic E-state index is 5.40. The van der Waals surface area contributed by atoms with Crippen LogP contribution in [0.5, 0.6) is 0 Å². The van der Waals surface area contributed by atoms with E-state index in [0.29, 0.717) is 6.04 Å². The van der Waals surface area contributed by atoms with Gasteiger partial charge >= 0.3 is 0 Å². The first-order valence-electron chi connectivity index (χ1n) is 5.29. The highest BCUT2D eigenvalue weighted by Crippen LogP contribution is 2.17. The molecule has 1 rings (SSSR count). The second-order valence-electron chi connectivity index (χ2n) is 3.27. The fraction of sp³-hybridized carbons (Fsp3) is 0.500. The summed E-state index contributed by atoms with van der Waals surface area (Å²) in [5.74, 6) is 1.04. The Balaban J connectivity index is 2.28. The lowest BCUT2D eigenvalue weighted by Crippen LogP contribution is -2.32. The van der Waals surface area contributed by atoms with E-state index in [1.165, 1.54) is 4.90 Å². The molecule has 15 heavy (non-hydrogen) atoms. The van der Waals surface area contributed by atoms with E-state index in [4.69, 9.17) is 4.74 Å². The predicted octanol–water partition coefficient (Wildman–Crippen LogP) is 2.40. The van der Waals surface area contributed by atoms with Gasteiger partial charge < -0.3 is 10.1 Å². The highest BCUT2D eigenvalue weighted by atomic mass is 32.2. The van der Waals surface area contributed by atoms with E-state index in [-0.39, 0.29) is 0 Å². The number of hydrogen-bond donors (Lipinski definition) is 1. The molecule has 84 valence electrons. The topological polar surface area (TPSA) is 21.3 Å². The highest BCUT2D eigenvalue weighted by Gasteiger charge is 2.05. The van der Waals surface area contributed by atoms with Crippen molar-refractivity contribution < 1.29 is 4.74 Å². The van der Waals surface area contributed by atoms with Gasteiger partial charge in [0.2, 0.25) is 0 Å². The molecule has 3 heteroatoms. The van der Waals surface area contributed by atoms with Crippen molar-refractivity contribution in [1.82, 2.24) is 5.32 Å². The molecule has 1 unspecified atom stereocenters. The number of likely N-dealkylation sites (N-methyl/N-ethyl adjacent to an activating group) is 1. The van der Waals surface area contributed by atoms with Gasteiger partial charge in [0.25, 0.3) is 0 Å². The molecule has 0 heterocycles. The Morgan fingerprint density at radius 3 is 2.67 bits per heavy atom. The lowest BCUT2D eigenvalue weighted by Gasteiger charge is -2.15. The SMILES string of the molecule is CCOCC(CSc1ccccc1)NC. The molecule has 0 aliphatic carbocycles. The fourth-order valence-corrected chi connectivity index (χ4v) is 2.19. The van der Waals surface area contributed by atoms with Gasteiger partial charge in [0.1, 0.15) is 0 Å². The molecule has 0 saturated heterocycles. The summed E-state index contributed by atoms with van der Waals surface area (Å²) >= 11 is 1.86. The molecule has 0 fully saturated rings. The zero-order valence-corrected chi connectivity index (χ0v) is 10.2. The molecule has 0 spiro atoms. The Morgan fingerprint density at radius 2 is 2.07 bits per heavy atom. The van der Waals surface area contributed by atoms with Gasteiger partial charge in [0.15, 0.2) is 0 Å². The maximum Gasteiger partial charge on any atom is 0.0627 e. The first-order valence-corrected chi connectivity index (χ1v) is 6.28. The molecular weight excluding hydrogens is 206 g/mol. The van der Waals surface area contributed by atoms with Crippen LogP contribution >= 0.6 is 11.8 Å². The smallest absolute Gasteiger partial charge is 0.0627 e. The summed E-state index contributed by atoms with van der Waals surface area (Å²) in [6.45, 7) is 3.60. The van der Waals surface area contributed by atoms with E-state index in [2.05, 4.69) is 29.6 Å². The molecular formula is C12H19NOS. The highest BCUT2D eigenvalue weighted by molar-refractivity contribution is 7.99. The third kappa shape index (κ3) is 5.21. The van der Waals surface area contributed by atoms with Crippen LogP contribution in [0.25, 0.3) is 0 Å². The van der Waals surface area contributed by atoms with Crippen molar-refractivity contribution in [2.24, 2.45) is 0 Å². The van der Waals surface area contributed by atoms with Crippen molar-refractivity contribution in [3.63, 3.8) is 0 Å². The number of benzene rings is 1. The zero-order valence-electron chi connectivity index (χ0n) is 9.40. The minimum atomic E-state index is 0.426. The Bertz CT molecular complexity index is 253. The van der Waals surface area contributed by atoms with E-state index in [0.717, 1.165) is 19.0 Å². The minimum Gasteiger partial charge on any atom is -0.380 e. The first kappa shape index (κ1) is 12.6. The average Bonchev–Trinajstić information content (AvgIpc) is 2.31. The molecule has 1 aromatic rings. The van der Waals surface area contributed by atoms with Crippen LogP contribution in [0, 0.1) is 0 Å². The number of nitrogens with one attached hydrogen (secondary N) is 1. The lowest BCUT2D eigenvalue weighted by molar-refractivity contribution is 0.131. The molecule has 1 aromatic carbocycles. The van der Waals surface area contributed by atoms with E-state index in [1.807, 2.05) is 31.8 Å². The summed E-state index contributed by atoms with van der Waals surface area (Å²) < 4.78 is 5.40. The molecule has 1 atom stereocenters. The Hall–Kier alpha value is -0.510. The van der Waals surface area contributed by atoms with Crippen LogP contribution in [0.1, 0.15) is 6.92 Å². The Kier molecular flexibility index (Phi) is 6.48. The van der Waals surface area contributed by atoms with Crippen LogP contribution in [0.4, 0.5) is 0 Å². The fourth-order valence-electron chi connectivity index (χ4n) is 1.19. The van der Waals surface area contributed by atoms with Gasteiger partial charge in [-0.05, 0) is 26.1 Å². The quantitative estimate of drug-likeness (QED) is 0.720. The average molecular weight is 225 g/mol. The van der Waals surface area contributed by atoms with E-state index in [9.17, 15) is 0 Å². The van der Waals surface area contributed by atoms with Crippen LogP contribution in [0.2, 0.25) is 0 Å². The zero-order chi connectivity index (χ0) is 10.9. The van der Waals surface area contributed by atoms with Crippen LogP contribution in [0.15, 0.2) is 35.2 Å². The Morgan fingerprint density at radius 1 is 1.33 bits per heavy atom. The van der Waals surface area contributed by atoms with Crippen LogP contribution in [-0.4, -0.2) is 32.1 Å². The molecule has 0 bridgehead atoms. The number of hydrogen-bond acceptors (Lipinski definition) is 3. The summed E-state index contributed by atoms with van der Waals surface area (Å²) in [4.78, 5) is 1.31. The molecule has 0 radical (unpaired) electrons. The van der Waals surface area contributed by atoms with E-state index in [1.54, 1.807) is 0 Å². The summed E-state index contributed by atoms with van der Waals surface area (Å²) in [5, 5.41) is 3.26. The van der Waals surface area contributed by atoms with Crippen molar-refractivity contribution in [3.05, 3.63) is 30.3 Å². The molecule has 0 amide bonds. The summed E-state index contributed by atoms with van der Waals surface area (Å²) in [5.41, 5.74) is 0. The second kappa shape index (κ2) is 7.74. The van der Waals surface area contributed by atoms with E-state index >= 15 is 0 Å². The van der Waals surface area contributed by atoms with Crippen LogP contribution in [0.3, 0.4) is 0 Å². The standard InChI is InChI=1S/C12H19NOS/c1-3-14-9-11(13-2)10-15-12-7-5-4-6-8-12/h4-8,11,13H,3,9-10H2,1-2H3. The third-order valence-corrected chi connectivity index (χ3v) is 3.30. The van der Waals surface area contributed by atoms with Crippen molar-refractivity contribution >= 4 is 11.8 Å². The lowest BCUT2D eigenvalue weighted by atomic mass is 10.4. The predicted molar refractivity (Wildman–Crippen MR) is 66.5 cm³/mol. The summed E-state index contributed by atoms with van der Waals surface area (Å²) in [6, 6.07) is 10.9. The van der Waals surface area contributed by atoms with Gasteiger partial charge in [-0.25, -0.2) is 0 Å². The number of rotatable bonds is 7. The molecule has 0 aliphatic heterocycles. The molecule has 1 N–H and O–H groups in total. The molecule has 0 aliphatic rings. The van der Waals surface area contributed by atoms with E-state index < -0.39 is 0 Å². The van der Waals surface area contributed by atoms with Crippen molar-refractivity contribution in [2.75, 3.05) is 26.0 Å². The number of ether oxygens (including phenoxy) is 1. The number of thioether (sulfide) groups is 1. The van der Waals surface area contributed by atoms with Crippen molar-refractivity contribution in [3.8, 4) is 0 Å². The van der Waals surface area contributed by atoms with Gasteiger partial charge in [-0.2, -0.15) is 0 Å². The largest absolute Gasteiger partial charge is 0.380 e. The van der Waals surface area contributed by atoms with Crippen LogP contribution < -0.4 is 5.32 Å². The normalized spacial score (nSPS) is 12.7. The van der Waals surface area contributed by atoms with Crippen molar-refractivity contribution in [2.45, 2.75) is 17.9 Å². The van der Waals surface area contributed by atoms with Crippen molar-refractivity contribution in [1.29, 1.82) is 0 Å². The molecule has 0 aromatic heterocycles. The van der Waals surface area contributed by atoms with Gasteiger partial charge in [-0.1, -0.05) is 18.2 Å². The summed E-state index contributed by atoms with van der Waals surface area (Å²) in [6.07, 6.45) is 0. The van der Waals surface area contributed by atoms with Crippen LogP contribution in [-0.2, 0) is 4.74 Å². The van der Waals surface area contributed by atoms with Gasteiger partial charge in [0, 0.05) is 23.3 Å². The summed E-state index contributed by atoms with van der Waals surface area (Å²) in [7, 11) is 1.98. The second-order valence-corrected chi connectivity index (χ2v) is 4.36. The minimum absolute atomic E-state index is 0.426. The Labute approximate surface area is 96.4 Å². The van der Waals surface area contributed by atoms with Gasteiger partial charge in [0.05, 0.1) is 6.61 Å². The maximum absolute atomic E-state index is 5.40. The molecule has 0 saturated carbocycles. The monoisotopic (exact) mass is 225 g/mol. The first-order chi connectivity index (χ1) is 7.36. The molecule has 2 nitrogen and oxygen atoms in total. The van der Waals surface area contributed by atoms with Gasteiger partial charge in [-0.3, -0.25) is 0 Å².